The Morgan fingerprint density at radius 1 is 1.15 bits per heavy atom. The first-order chi connectivity index (χ1) is 12.6. The number of methoxy groups -OCH3 is 1. The summed E-state index contributed by atoms with van der Waals surface area (Å²) in [4.78, 5) is 12.0. The summed E-state index contributed by atoms with van der Waals surface area (Å²) in [6, 6.07) is 13.2. The predicted octanol–water partition coefficient (Wildman–Crippen LogP) is 3.29. The van der Waals surface area contributed by atoms with Gasteiger partial charge in [0.25, 0.3) is 5.91 Å². The van der Waals surface area contributed by atoms with Crippen molar-refractivity contribution in [1.29, 1.82) is 0 Å². The normalized spacial score (nSPS) is 10.4. The van der Waals surface area contributed by atoms with Gasteiger partial charge in [-0.1, -0.05) is 29.5 Å². The third kappa shape index (κ3) is 5.00. The van der Waals surface area contributed by atoms with E-state index >= 15 is 0 Å². The molecular weight excluding hydrogens is 357 g/mol. The van der Waals surface area contributed by atoms with E-state index < -0.39 is 0 Å². The lowest BCUT2D eigenvalue weighted by Crippen LogP contribution is -2.20. The van der Waals surface area contributed by atoms with Gasteiger partial charge in [-0.2, -0.15) is 0 Å². The Morgan fingerprint density at radius 3 is 2.69 bits per heavy atom. The SMILES string of the molecule is COc1cccc(OCC(=O)Nc2nnc(Cc3ccc(F)cc3)s2)c1. The molecule has 3 rings (SSSR count). The van der Waals surface area contributed by atoms with Gasteiger partial charge in [0.2, 0.25) is 5.13 Å². The van der Waals surface area contributed by atoms with Gasteiger partial charge >= 0.3 is 0 Å². The quantitative estimate of drug-likeness (QED) is 0.688. The molecule has 1 N–H and O–H groups in total. The second-order valence-corrected chi connectivity index (χ2v) is 6.38. The van der Waals surface area contributed by atoms with E-state index in [1.165, 1.54) is 23.5 Å². The first-order valence-corrected chi connectivity index (χ1v) is 8.57. The highest BCUT2D eigenvalue weighted by Gasteiger charge is 2.10. The third-order valence-corrected chi connectivity index (χ3v) is 4.23. The summed E-state index contributed by atoms with van der Waals surface area (Å²) in [5.41, 5.74) is 0.918. The lowest BCUT2D eigenvalue weighted by atomic mass is 10.2. The number of carbonyl (C=O) groups is 1. The van der Waals surface area contributed by atoms with E-state index in [0.29, 0.717) is 23.1 Å². The maximum Gasteiger partial charge on any atom is 0.264 e. The minimum atomic E-state index is -0.336. The van der Waals surface area contributed by atoms with Gasteiger partial charge in [-0.05, 0) is 29.8 Å². The number of carbonyl (C=O) groups excluding carboxylic acids is 1. The van der Waals surface area contributed by atoms with Crippen LogP contribution in [0.2, 0.25) is 0 Å². The fraction of sp³-hybridized carbons (Fsp3) is 0.167. The molecule has 6 nitrogen and oxygen atoms in total. The molecule has 0 aliphatic rings. The number of ether oxygens (including phenoxy) is 2. The summed E-state index contributed by atoms with van der Waals surface area (Å²) in [7, 11) is 1.56. The molecule has 26 heavy (non-hydrogen) atoms. The zero-order chi connectivity index (χ0) is 18.4. The van der Waals surface area contributed by atoms with Crippen molar-refractivity contribution in [1.82, 2.24) is 10.2 Å². The van der Waals surface area contributed by atoms with Crippen LogP contribution in [-0.2, 0) is 11.2 Å². The highest BCUT2D eigenvalue weighted by molar-refractivity contribution is 7.15. The second-order valence-electron chi connectivity index (χ2n) is 5.32. The van der Waals surface area contributed by atoms with Gasteiger partial charge in [-0.3, -0.25) is 10.1 Å². The van der Waals surface area contributed by atoms with Gasteiger partial charge in [-0.25, -0.2) is 4.39 Å². The maximum absolute atomic E-state index is 12.9. The molecule has 3 aromatic rings. The van der Waals surface area contributed by atoms with Crippen molar-refractivity contribution in [3.8, 4) is 11.5 Å². The van der Waals surface area contributed by atoms with Crippen LogP contribution in [0.1, 0.15) is 10.6 Å². The Hall–Kier alpha value is -3.00. The summed E-state index contributed by atoms with van der Waals surface area (Å²) in [5.74, 6) is 0.568. The van der Waals surface area contributed by atoms with Crippen molar-refractivity contribution in [2.24, 2.45) is 0 Å². The van der Waals surface area contributed by atoms with Crippen molar-refractivity contribution >= 4 is 22.4 Å². The molecule has 0 aliphatic carbocycles. The van der Waals surface area contributed by atoms with Crippen molar-refractivity contribution < 1.29 is 18.7 Å². The van der Waals surface area contributed by atoms with Gasteiger partial charge in [0.1, 0.15) is 22.3 Å². The Morgan fingerprint density at radius 2 is 1.92 bits per heavy atom. The molecule has 1 heterocycles. The zero-order valence-corrected chi connectivity index (χ0v) is 14.8. The molecule has 134 valence electrons. The molecule has 2 aromatic carbocycles. The maximum atomic E-state index is 12.9. The number of hydrogen-bond acceptors (Lipinski definition) is 6. The van der Waals surface area contributed by atoms with Crippen molar-refractivity contribution in [2.45, 2.75) is 6.42 Å². The lowest BCUT2D eigenvalue weighted by Gasteiger charge is -2.07. The summed E-state index contributed by atoms with van der Waals surface area (Å²) in [6.07, 6.45) is 0.522. The van der Waals surface area contributed by atoms with E-state index in [-0.39, 0.29) is 18.3 Å². The Balaban J connectivity index is 1.51. The summed E-state index contributed by atoms with van der Waals surface area (Å²) in [5, 5.41) is 11.7. The van der Waals surface area contributed by atoms with E-state index in [1.807, 2.05) is 0 Å². The monoisotopic (exact) mass is 373 g/mol. The van der Waals surface area contributed by atoms with Crippen LogP contribution >= 0.6 is 11.3 Å². The largest absolute Gasteiger partial charge is 0.497 e. The fourth-order valence-corrected chi connectivity index (χ4v) is 2.94. The minimum absolute atomic E-state index is 0.153. The number of nitrogens with one attached hydrogen (secondary N) is 1. The number of benzene rings is 2. The van der Waals surface area contributed by atoms with Crippen LogP contribution in [0.5, 0.6) is 11.5 Å². The second kappa shape index (κ2) is 8.39. The van der Waals surface area contributed by atoms with Crippen LogP contribution in [-0.4, -0.2) is 29.8 Å². The molecule has 0 bridgehead atoms. The van der Waals surface area contributed by atoms with Gasteiger partial charge in [0, 0.05) is 12.5 Å². The number of nitrogens with zero attached hydrogens (tertiary/aromatic N) is 2. The molecule has 0 radical (unpaired) electrons. The molecule has 8 heteroatoms. The first-order valence-electron chi connectivity index (χ1n) is 7.76. The lowest BCUT2D eigenvalue weighted by molar-refractivity contribution is -0.118. The molecule has 0 saturated carbocycles. The Kier molecular flexibility index (Phi) is 5.75. The van der Waals surface area contributed by atoms with E-state index in [1.54, 1.807) is 43.5 Å². The van der Waals surface area contributed by atoms with Gasteiger partial charge in [0.15, 0.2) is 6.61 Å². The first kappa shape index (κ1) is 17.8. The van der Waals surface area contributed by atoms with Crippen LogP contribution in [0.25, 0.3) is 0 Å². The van der Waals surface area contributed by atoms with E-state index in [2.05, 4.69) is 15.5 Å². The highest BCUT2D eigenvalue weighted by atomic mass is 32.1. The highest BCUT2D eigenvalue weighted by Crippen LogP contribution is 2.20. The standard InChI is InChI=1S/C18H16FN3O3S/c1-24-14-3-2-4-15(10-14)25-11-16(23)20-18-22-21-17(26-18)9-12-5-7-13(19)8-6-12/h2-8,10H,9,11H2,1H3,(H,20,22,23). The van der Waals surface area contributed by atoms with E-state index in [0.717, 1.165) is 10.6 Å². The number of amides is 1. The molecule has 0 unspecified atom stereocenters. The van der Waals surface area contributed by atoms with Crippen LogP contribution in [0.4, 0.5) is 9.52 Å². The number of hydrogen-bond donors (Lipinski definition) is 1. The zero-order valence-electron chi connectivity index (χ0n) is 13.9. The van der Waals surface area contributed by atoms with Crippen molar-refractivity contribution in [3.05, 3.63) is 64.9 Å². The van der Waals surface area contributed by atoms with Gasteiger partial charge < -0.3 is 9.47 Å². The van der Waals surface area contributed by atoms with Crippen LogP contribution < -0.4 is 14.8 Å². The van der Waals surface area contributed by atoms with Gasteiger partial charge in [0.05, 0.1) is 7.11 Å². The molecular formula is C18H16FN3O3S. The Bertz CT molecular complexity index is 883. The van der Waals surface area contributed by atoms with Crippen LogP contribution in [0.3, 0.4) is 0 Å². The molecule has 1 amide bonds. The third-order valence-electron chi connectivity index (χ3n) is 3.39. The summed E-state index contributed by atoms with van der Waals surface area (Å²) in [6.45, 7) is -0.153. The summed E-state index contributed by atoms with van der Waals surface area (Å²) < 4.78 is 23.4. The van der Waals surface area contributed by atoms with E-state index in [4.69, 9.17) is 9.47 Å². The van der Waals surface area contributed by atoms with Gasteiger partial charge in [-0.15, -0.1) is 10.2 Å². The average Bonchev–Trinajstić information content (AvgIpc) is 3.09. The molecule has 0 aliphatic heterocycles. The number of aromatic nitrogens is 2. The summed E-state index contributed by atoms with van der Waals surface area (Å²) >= 11 is 1.26. The number of anilines is 1. The van der Waals surface area contributed by atoms with E-state index in [9.17, 15) is 9.18 Å². The Labute approximate surface area is 153 Å². The molecule has 0 saturated heterocycles. The molecule has 0 atom stereocenters. The average molecular weight is 373 g/mol. The topological polar surface area (TPSA) is 73.3 Å². The fourth-order valence-electron chi connectivity index (χ4n) is 2.15. The smallest absolute Gasteiger partial charge is 0.264 e. The van der Waals surface area contributed by atoms with Crippen LogP contribution in [0.15, 0.2) is 48.5 Å². The van der Waals surface area contributed by atoms with Crippen LogP contribution in [0, 0.1) is 5.82 Å². The molecule has 1 aromatic heterocycles. The number of halogens is 1. The molecule has 0 spiro atoms. The minimum Gasteiger partial charge on any atom is -0.497 e. The molecule has 0 fully saturated rings. The van der Waals surface area contributed by atoms with Crippen molar-refractivity contribution in [3.63, 3.8) is 0 Å². The number of rotatable bonds is 7. The van der Waals surface area contributed by atoms with Crippen molar-refractivity contribution in [2.75, 3.05) is 19.0 Å². The predicted molar refractivity (Wildman–Crippen MR) is 96.2 cm³/mol.